The lowest BCUT2D eigenvalue weighted by Crippen LogP contribution is -2.47. The van der Waals surface area contributed by atoms with Crippen LogP contribution in [0.5, 0.6) is 0 Å². The van der Waals surface area contributed by atoms with Crippen LogP contribution in [-0.2, 0) is 5.41 Å². The fourth-order valence-corrected chi connectivity index (χ4v) is 5.33. The summed E-state index contributed by atoms with van der Waals surface area (Å²) in [6.45, 7) is 2.89. The number of hydrogen-bond acceptors (Lipinski definition) is 6. The fourth-order valence-electron chi connectivity index (χ4n) is 5.33. The number of anilines is 1. The van der Waals surface area contributed by atoms with Crippen molar-refractivity contribution in [2.24, 2.45) is 5.73 Å². The van der Waals surface area contributed by atoms with Gasteiger partial charge in [0.1, 0.15) is 0 Å². The van der Waals surface area contributed by atoms with Crippen molar-refractivity contribution in [2.45, 2.75) is 31.5 Å². The van der Waals surface area contributed by atoms with Gasteiger partial charge in [-0.15, -0.1) is 0 Å². The molecule has 0 bridgehead atoms. The standard InChI is InChI=1S/C31H34N4O3/c1-31(17-15-23(32)16-18-31)22-11-13-24(14-12-22)34(30(38)33(2)3)19-6-20-35-28(36)25-9-4-7-21-8-5-10-26(27(21)25)29(35)37/h4-5,7-17,30,38H,6,18-20,32H2,1-3H3. The van der Waals surface area contributed by atoms with Crippen molar-refractivity contribution in [3.05, 3.63) is 101 Å². The van der Waals surface area contributed by atoms with Crippen molar-refractivity contribution in [2.75, 3.05) is 32.1 Å². The van der Waals surface area contributed by atoms with E-state index < -0.39 is 6.35 Å². The van der Waals surface area contributed by atoms with Crippen molar-refractivity contribution >= 4 is 28.3 Å². The molecule has 0 fully saturated rings. The van der Waals surface area contributed by atoms with E-state index in [1.165, 1.54) is 4.90 Å². The first-order valence-corrected chi connectivity index (χ1v) is 12.9. The summed E-state index contributed by atoms with van der Waals surface area (Å²) < 4.78 is 0. The maximum Gasteiger partial charge on any atom is 0.261 e. The quantitative estimate of drug-likeness (QED) is 0.348. The molecule has 2 amide bonds. The molecule has 0 aromatic heterocycles. The molecule has 196 valence electrons. The number of nitrogens with two attached hydrogens (primary N) is 1. The zero-order valence-corrected chi connectivity index (χ0v) is 22.1. The highest BCUT2D eigenvalue weighted by atomic mass is 16.3. The first kappa shape index (κ1) is 25.7. The van der Waals surface area contributed by atoms with Gasteiger partial charge in [0.2, 0.25) is 0 Å². The van der Waals surface area contributed by atoms with Crippen LogP contribution in [0, 0.1) is 0 Å². The summed E-state index contributed by atoms with van der Waals surface area (Å²) in [5.74, 6) is -0.543. The Morgan fingerprint density at radius 2 is 1.63 bits per heavy atom. The number of carbonyl (C=O) groups is 2. The summed E-state index contributed by atoms with van der Waals surface area (Å²) in [5, 5.41) is 12.6. The van der Waals surface area contributed by atoms with E-state index in [0.717, 1.165) is 34.1 Å². The number of allylic oxidation sites excluding steroid dienone is 3. The average molecular weight is 511 g/mol. The van der Waals surface area contributed by atoms with Crippen LogP contribution in [0.25, 0.3) is 10.8 Å². The van der Waals surface area contributed by atoms with Gasteiger partial charge >= 0.3 is 0 Å². The number of imide groups is 1. The normalized spacial score (nSPS) is 19.7. The number of rotatable bonds is 8. The number of nitrogens with zero attached hydrogens (tertiary/aromatic N) is 3. The molecule has 5 rings (SSSR count). The third-order valence-electron chi connectivity index (χ3n) is 7.64. The Labute approximate surface area is 223 Å². The lowest BCUT2D eigenvalue weighted by Gasteiger charge is -2.35. The SMILES string of the molecule is CN(C)C(O)N(CCCN1C(=O)c2cccc3cccc(c23)C1=O)c1ccc(C2(C)C=CC(N)=CC2)cc1. The molecule has 0 saturated heterocycles. The van der Waals surface area contributed by atoms with Gasteiger partial charge in [0, 0.05) is 46.4 Å². The number of hydrogen-bond donors (Lipinski definition) is 2. The molecule has 0 radical (unpaired) electrons. The van der Waals surface area contributed by atoms with Crippen molar-refractivity contribution in [3.63, 3.8) is 0 Å². The monoisotopic (exact) mass is 510 g/mol. The molecule has 2 aliphatic rings. The van der Waals surface area contributed by atoms with Gasteiger partial charge < -0.3 is 15.7 Å². The number of aliphatic hydroxyl groups excluding tert-OH is 1. The van der Waals surface area contributed by atoms with Crippen LogP contribution in [-0.4, -0.2) is 60.3 Å². The summed E-state index contributed by atoms with van der Waals surface area (Å²) in [5.41, 5.74) is 9.69. The molecule has 3 N–H and O–H groups in total. The van der Waals surface area contributed by atoms with Crippen LogP contribution in [0.2, 0.25) is 0 Å². The van der Waals surface area contributed by atoms with E-state index in [1.54, 1.807) is 17.0 Å². The van der Waals surface area contributed by atoms with E-state index in [9.17, 15) is 14.7 Å². The zero-order valence-electron chi connectivity index (χ0n) is 22.1. The van der Waals surface area contributed by atoms with Crippen LogP contribution in [0.4, 0.5) is 5.69 Å². The molecule has 1 aliphatic heterocycles. The lowest BCUT2D eigenvalue weighted by molar-refractivity contribution is 0.0366. The highest BCUT2D eigenvalue weighted by molar-refractivity contribution is 6.25. The topological polar surface area (TPSA) is 90.1 Å². The summed E-state index contributed by atoms with van der Waals surface area (Å²) in [6.07, 6.45) is 6.59. The minimum Gasteiger partial charge on any atom is -0.399 e. The second-order valence-corrected chi connectivity index (χ2v) is 10.5. The van der Waals surface area contributed by atoms with Gasteiger partial charge in [-0.05, 0) is 68.2 Å². The molecule has 2 atom stereocenters. The van der Waals surface area contributed by atoms with Crippen LogP contribution < -0.4 is 10.6 Å². The molecule has 7 nitrogen and oxygen atoms in total. The van der Waals surface area contributed by atoms with Gasteiger partial charge in [-0.3, -0.25) is 19.4 Å². The Bertz CT molecular complexity index is 1390. The Morgan fingerprint density at radius 3 is 2.18 bits per heavy atom. The zero-order chi connectivity index (χ0) is 27.0. The first-order valence-electron chi connectivity index (χ1n) is 12.9. The Balaban J connectivity index is 1.32. The molecular formula is C31H34N4O3. The molecule has 3 aromatic rings. The number of benzene rings is 3. The van der Waals surface area contributed by atoms with E-state index in [4.69, 9.17) is 5.73 Å². The molecular weight excluding hydrogens is 476 g/mol. The summed E-state index contributed by atoms with van der Waals surface area (Å²) in [7, 11) is 3.62. The molecule has 1 heterocycles. The molecule has 38 heavy (non-hydrogen) atoms. The second-order valence-electron chi connectivity index (χ2n) is 10.5. The van der Waals surface area contributed by atoms with Crippen molar-refractivity contribution in [3.8, 4) is 0 Å². The lowest BCUT2D eigenvalue weighted by atomic mass is 9.77. The second kappa shape index (κ2) is 10.1. The van der Waals surface area contributed by atoms with Crippen molar-refractivity contribution < 1.29 is 14.7 Å². The highest BCUT2D eigenvalue weighted by Crippen LogP contribution is 2.34. The van der Waals surface area contributed by atoms with Crippen LogP contribution in [0.3, 0.4) is 0 Å². The first-order chi connectivity index (χ1) is 18.2. The number of carbonyl (C=O) groups excluding carboxylic acids is 2. The van der Waals surface area contributed by atoms with Gasteiger partial charge in [0.05, 0.1) is 0 Å². The Kier molecular flexibility index (Phi) is 6.82. The maximum atomic E-state index is 13.3. The van der Waals surface area contributed by atoms with Crippen LogP contribution in [0.1, 0.15) is 46.0 Å². The predicted molar refractivity (Wildman–Crippen MR) is 151 cm³/mol. The molecule has 3 aromatic carbocycles. The number of amides is 2. The van der Waals surface area contributed by atoms with Gasteiger partial charge in [-0.1, -0.05) is 55.5 Å². The van der Waals surface area contributed by atoms with Crippen LogP contribution >= 0.6 is 0 Å². The maximum absolute atomic E-state index is 13.3. The van der Waals surface area contributed by atoms with Gasteiger partial charge in [0.15, 0.2) is 6.35 Å². The third-order valence-corrected chi connectivity index (χ3v) is 7.64. The largest absolute Gasteiger partial charge is 0.399 e. The predicted octanol–water partition coefficient (Wildman–Crippen LogP) is 4.23. The Hall–Kier alpha value is -3.94. The van der Waals surface area contributed by atoms with Crippen LogP contribution in [0.15, 0.2) is 84.6 Å². The minimum atomic E-state index is -0.865. The molecule has 7 heteroatoms. The molecule has 0 spiro atoms. The summed E-state index contributed by atoms with van der Waals surface area (Å²) in [4.78, 5) is 31.4. The smallest absolute Gasteiger partial charge is 0.261 e. The van der Waals surface area contributed by atoms with Gasteiger partial charge in [0.25, 0.3) is 11.8 Å². The summed E-state index contributed by atoms with van der Waals surface area (Å²) in [6, 6.07) is 19.3. The molecule has 2 unspecified atom stereocenters. The number of aliphatic hydroxyl groups is 1. The molecule has 0 saturated carbocycles. The summed E-state index contributed by atoms with van der Waals surface area (Å²) >= 11 is 0. The fraction of sp³-hybridized carbons (Fsp3) is 0.290. The van der Waals surface area contributed by atoms with E-state index >= 15 is 0 Å². The van der Waals surface area contributed by atoms with Gasteiger partial charge in [-0.25, -0.2) is 0 Å². The minimum absolute atomic E-state index is 0.138. The van der Waals surface area contributed by atoms with E-state index in [1.807, 2.05) is 67.5 Å². The molecule has 1 aliphatic carbocycles. The van der Waals surface area contributed by atoms with Crippen molar-refractivity contribution in [1.82, 2.24) is 9.80 Å². The third kappa shape index (κ3) is 4.59. The van der Waals surface area contributed by atoms with E-state index in [-0.39, 0.29) is 23.8 Å². The van der Waals surface area contributed by atoms with Gasteiger partial charge in [-0.2, -0.15) is 0 Å². The van der Waals surface area contributed by atoms with Crippen molar-refractivity contribution in [1.29, 1.82) is 0 Å². The van der Waals surface area contributed by atoms with E-state index in [2.05, 4.69) is 25.1 Å². The van der Waals surface area contributed by atoms with E-state index in [0.29, 0.717) is 24.1 Å². The average Bonchev–Trinajstić information content (AvgIpc) is 2.92. The highest BCUT2D eigenvalue weighted by Gasteiger charge is 2.32. The Morgan fingerprint density at radius 1 is 1.00 bits per heavy atom.